The van der Waals surface area contributed by atoms with Gasteiger partial charge in [-0.05, 0) is 74.2 Å². The third-order valence-corrected chi connectivity index (χ3v) is 8.42. The second kappa shape index (κ2) is 15.5. The zero-order valence-corrected chi connectivity index (χ0v) is 26.9. The number of aromatic nitrogens is 3. The van der Waals surface area contributed by atoms with Crippen LogP contribution in [-0.2, 0) is 9.47 Å². The van der Waals surface area contributed by atoms with E-state index in [9.17, 15) is 4.79 Å². The number of benzene rings is 2. The predicted octanol–water partition coefficient (Wildman–Crippen LogP) is 2.36. The van der Waals surface area contributed by atoms with Crippen molar-refractivity contribution in [2.45, 2.75) is 38.2 Å². The van der Waals surface area contributed by atoms with Crippen molar-refractivity contribution in [1.29, 1.82) is 5.41 Å². The number of rotatable bonds is 14. The number of hydrogen-bond acceptors (Lipinski definition) is 12. The minimum Gasteiger partial charge on any atom is -0.491 e. The highest BCUT2D eigenvalue weighted by Gasteiger charge is 2.44. The Labute approximate surface area is 274 Å². The number of anilines is 2. The van der Waals surface area contributed by atoms with Crippen LogP contribution in [0, 0.1) is 5.41 Å². The lowest BCUT2D eigenvalue weighted by Gasteiger charge is -2.37. The smallest absolute Gasteiger partial charge is 0.350 e. The molecule has 1 aromatic heterocycles. The van der Waals surface area contributed by atoms with Gasteiger partial charge in [-0.3, -0.25) is 0 Å². The molecule has 0 aliphatic carbocycles. The normalized spacial score (nSPS) is 21.1. The van der Waals surface area contributed by atoms with Crippen molar-refractivity contribution in [3.63, 3.8) is 0 Å². The molecular weight excluding hydrogens is 600 g/mol. The topological polar surface area (TPSA) is 174 Å². The van der Waals surface area contributed by atoms with E-state index in [4.69, 9.17) is 31.1 Å². The van der Waals surface area contributed by atoms with Crippen LogP contribution < -0.4 is 37.1 Å². The fourth-order valence-electron chi connectivity index (χ4n) is 5.60. The van der Waals surface area contributed by atoms with Gasteiger partial charge in [0, 0.05) is 55.5 Å². The average Bonchev–Trinajstić information content (AvgIpc) is 3.72. The van der Waals surface area contributed by atoms with Crippen molar-refractivity contribution in [1.82, 2.24) is 19.8 Å². The molecular formula is C33H44N10O4. The fourth-order valence-corrected chi connectivity index (χ4v) is 5.60. The van der Waals surface area contributed by atoms with Crippen LogP contribution >= 0.6 is 0 Å². The first-order chi connectivity index (χ1) is 22.9. The van der Waals surface area contributed by atoms with Crippen LogP contribution in [0.15, 0.2) is 88.8 Å². The number of ether oxygens (including phenoxy) is 3. The summed E-state index contributed by atoms with van der Waals surface area (Å²) in [7, 11) is 0. The van der Waals surface area contributed by atoms with Gasteiger partial charge in [0.2, 0.25) is 5.79 Å². The Morgan fingerprint density at radius 2 is 1.74 bits per heavy atom. The first-order valence-corrected chi connectivity index (χ1v) is 15.8. The van der Waals surface area contributed by atoms with E-state index >= 15 is 0 Å². The van der Waals surface area contributed by atoms with E-state index in [1.807, 2.05) is 38.1 Å². The van der Waals surface area contributed by atoms with Gasteiger partial charge in [0.05, 0.1) is 31.1 Å². The molecule has 5 rings (SSSR count). The molecule has 0 amide bonds. The summed E-state index contributed by atoms with van der Waals surface area (Å²) in [5, 5.41) is 15.3. The van der Waals surface area contributed by atoms with Gasteiger partial charge >= 0.3 is 5.69 Å². The van der Waals surface area contributed by atoms with Gasteiger partial charge in [0.1, 0.15) is 24.8 Å². The molecule has 1 unspecified atom stereocenters. The molecule has 0 saturated carbocycles. The van der Waals surface area contributed by atoms with Crippen LogP contribution in [0.1, 0.15) is 26.3 Å². The van der Waals surface area contributed by atoms with E-state index < -0.39 is 5.79 Å². The molecule has 2 aliphatic rings. The predicted molar refractivity (Wildman–Crippen MR) is 184 cm³/mol. The lowest BCUT2D eigenvalue weighted by Crippen LogP contribution is -2.46. The van der Waals surface area contributed by atoms with E-state index in [-0.39, 0.29) is 37.6 Å². The maximum Gasteiger partial charge on any atom is 0.350 e. The molecule has 14 nitrogen and oxygen atoms in total. The van der Waals surface area contributed by atoms with E-state index in [0.29, 0.717) is 5.57 Å². The lowest BCUT2D eigenvalue weighted by molar-refractivity contribution is -0.135. The van der Waals surface area contributed by atoms with Crippen LogP contribution in [-0.4, -0.2) is 84.6 Å². The first-order valence-electron chi connectivity index (χ1n) is 15.8. The number of nitrogens with zero attached hydrogens (tertiary/aromatic N) is 6. The van der Waals surface area contributed by atoms with Gasteiger partial charge < -0.3 is 46.3 Å². The van der Waals surface area contributed by atoms with Gasteiger partial charge in [-0.25, -0.2) is 14.0 Å². The number of hydrazone groups is 1. The third-order valence-electron chi connectivity index (χ3n) is 8.42. The van der Waals surface area contributed by atoms with Crippen LogP contribution in [0.5, 0.6) is 5.75 Å². The highest BCUT2D eigenvalue weighted by Crippen LogP contribution is 2.32. The van der Waals surface area contributed by atoms with E-state index in [0.717, 1.165) is 61.6 Å². The molecule has 3 atom stereocenters. The minimum atomic E-state index is -1.19. The van der Waals surface area contributed by atoms with Crippen molar-refractivity contribution in [3.8, 4) is 11.4 Å². The van der Waals surface area contributed by atoms with Crippen molar-refractivity contribution in [2.24, 2.45) is 16.6 Å². The molecule has 250 valence electrons. The summed E-state index contributed by atoms with van der Waals surface area (Å²) in [6, 6.07) is 16.2. The molecule has 2 fully saturated rings. The molecule has 2 saturated heterocycles. The van der Waals surface area contributed by atoms with Crippen molar-refractivity contribution < 1.29 is 14.2 Å². The molecule has 14 heteroatoms. The molecule has 0 bridgehead atoms. The van der Waals surface area contributed by atoms with Gasteiger partial charge in [-0.15, -0.1) is 0 Å². The largest absolute Gasteiger partial charge is 0.491 e. The van der Waals surface area contributed by atoms with Gasteiger partial charge in [-0.1, -0.05) is 6.92 Å². The van der Waals surface area contributed by atoms with Crippen LogP contribution in [0.3, 0.4) is 0 Å². The summed E-state index contributed by atoms with van der Waals surface area (Å²) in [6.07, 6.45) is 8.84. The SMILES string of the molecule is CCC(C)n1ncn(-c2ccc(N3CCN(c4ccc(OC[C@@H]5CO[C@@](CN/N=C\C=N)(C(/C=C\N)=C/N)O5)cc4)CC3)cc2)c1=O. The lowest BCUT2D eigenvalue weighted by atomic mass is 10.1. The van der Waals surface area contributed by atoms with Crippen molar-refractivity contribution in [3.05, 3.63) is 89.4 Å². The van der Waals surface area contributed by atoms with Gasteiger partial charge in [-0.2, -0.15) is 10.2 Å². The Hall–Kier alpha value is -5.08. The third kappa shape index (κ3) is 7.67. The summed E-state index contributed by atoms with van der Waals surface area (Å²) in [4.78, 5) is 17.5. The van der Waals surface area contributed by atoms with E-state index in [2.05, 4.69) is 49.7 Å². The highest BCUT2D eigenvalue weighted by atomic mass is 16.8. The molecule has 0 radical (unpaired) electrons. The summed E-state index contributed by atoms with van der Waals surface area (Å²) >= 11 is 0. The number of hydrogen-bond donors (Lipinski definition) is 4. The highest BCUT2D eigenvalue weighted by molar-refractivity contribution is 6.14. The zero-order valence-electron chi connectivity index (χ0n) is 26.9. The zero-order chi connectivity index (χ0) is 33.2. The molecule has 3 aromatic rings. The number of nitrogens with two attached hydrogens (primary N) is 2. The minimum absolute atomic E-state index is 0.0624. The van der Waals surface area contributed by atoms with Gasteiger partial charge in [0.25, 0.3) is 0 Å². The molecule has 0 spiro atoms. The van der Waals surface area contributed by atoms with Crippen LogP contribution in [0.2, 0.25) is 0 Å². The fraction of sp³-hybridized carbons (Fsp3) is 0.394. The Balaban J connectivity index is 1.12. The quantitative estimate of drug-likeness (QED) is 0.116. The Morgan fingerprint density at radius 1 is 1.11 bits per heavy atom. The average molecular weight is 645 g/mol. The first kappa shape index (κ1) is 33.3. The molecule has 2 aromatic carbocycles. The van der Waals surface area contributed by atoms with E-state index in [1.54, 1.807) is 17.0 Å². The Kier molecular flexibility index (Phi) is 11.0. The standard InChI is InChI=1S/C33H44N10O4/c1-3-25(2)43-32(44)42(24-39-43)29-6-4-27(5-7-29)40-16-18-41(19-17-40)28-8-10-30(11-9-28)45-21-31-22-46-33(47-31,23-38-37-15-14-35)26(20-36)12-13-34/h4-15,20,24-25,31,35,38H,3,16-19,21-23,34,36H2,1-2H3/b13-12-,26-20+,35-14?,37-15-/t25?,31-,33-/m1/s1. The molecule has 6 N–H and O–H groups in total. The van der Waals surface area contributed by atoms with Crippen LogP contribution in [0.25, 0.3) is 5.69 Å². The summed E-state index contributed by atoms with van der Waals surface area (Å²) < 4.78 is 21.5. The second-order valence-electron chi connectivity index (χ2n) is 11.3. The Morgan fingerprint density at radius 3 is 2.34 bits per heavy atom. The maximum absolute atomic E-state index is 12.8. The summed E-state index contributed by atoms with van der Waals surface area (Å²) in [5.74, 6) is -0.462. The number of nitrogens with one attached hydrogen (secondary N) is 2. The molecule has 47 heavy (non-hydrogen) atoms. The van der Waals surface area contributed by atoms with E-state index in [1.165, 1.54) is 23.3 Å². The van der Waals surface area contributed by atoms with Crippen LogP contribution in [0.4, 0.5) is 11.4 Å². The second-order valence-corrected chi connectivity index (χ2v) is 11.3. The van der Waals surface area contributed by atoms with Gasteiger partial charge in [0.15, 0.2) is 0 Å². The van der Waals surface area contributed by atoms with Crippen molar-refractivity contribution >= 4 is 23.8 Å². The monoisotopic (exact) mass is 644 g/mol. The number of piperazine rings is 1. The summed E-state index contributed by atoms with van der Waals surface area (Å²) in [5.41, 5.74) is 17.8. The summed E-state index contributed by atoms with van der Waals surface area (Å²) in [6.45, 7) is 8.29. The molecule has 2 aliphatic heterocycles. The maximum atomic E-state index is 12.8. The Bertz CT molecular complexity index is 1610. The van der Waals surface area contributed by atoms with Crippen molar-refractivity contribution in [2.75, 3.05) is 55.7 Å². The molecule has 3 heterocycles.